The number of pyridine rings is 1. The molecule has 2 aromatic heterocycles. The van der Waals surface area contributed by atoms with Gasteiger partial charge >= 0.3 is 5.97 Å². The molecule has 1 aliphatic rings. The molecule has 1 fully saturated rings. The van der Waals surface area contributed by atoms with Gasteiger partial charge in [-0.15, -0.1) is 0 Å². The largest absolute Gasteiger partial charge is 0.481 e. The topological polar surface area (TPSA) is 68.0 Å². The van der Waals surface area contributed by atoms with Crippen molar-refractivity contribution in [2.45, 2.75) is 38.6 Å². The molecule has 19 heavy (non-hydrogen) atoms. The lowest BCUT2D eigenvalue weighted by Crippen LogP contribution is -2.23. The highest BCUT2D eigenvalue weighted by molar-refractivity contribution is 5.71. The van der Waals surface area contributed by atoms with Crippen molar-refractivity contribution in [2.24, 2.45) is 5.92 Å². The van der Waals surface area contributed by atoms with Gasteiger partial charge in [-0.3, -0.25) is 4.79 Å². The smallest absolute Gasteiger partial charge is 0.306 e. The van der Waals surface area contributed by atoms with E-state index in [2.05, 4.69) is 14.5 Å². The van der Waals surface area contributed by atoms with Crippen LogP contribution in [0.25, 0.3) is 11.2 Å². The van der Waals surface area contributed by atoms with Crippen molar-refractivity contribution >= 4 is 17.1 Å². The highest BCUT2D eigenvalue weighted by atomic mass is 16.4. The van der Waals surface area contributed by atoms with E-state index in [1.165, 1.54) is 0 Å². The molecule has 100 valence electrons. The number of rotatable bonds is 2. The van der Waals surface area contributed by atoms with Gasteiger partial charge in [0.25, 0.3) is 0 Å². The van der Waals surface area contributed by atoms with E-state index >= 15 is 0 Å². The molecule has 5 heteroatoms. The van der Waals surface area contributed by atoms with Crippen molar-refractivity contribution in [1.29, 1.82) is 0 Å². The van der Waals surface area contributed by atoms with Gasteiger partial charge in [0.2, 0.25) is 0 Å². The van der Waals surface area contributed by atoms with Crippen molar-refractivity contribution in [3.05, 3.63) is 24.2 Å². The molecule has 3 rings (SSSR count). The highest BCUT2D eigenvalue weighted by Crippen LogP contribution is 2.34. The Labute approximate surface area is 111 Å². The zero-order valence-electron chi connectivity index (χ0n) is 10.9. The van der Waals surface area contributed by atoms with Gasteiger partial charge < -0.3 is 9.67 Å². The van der Waals surface area contributed by atoms with Crippen LogP contribution in [0.5, 0.6) is 0 Å². The lowest BCUT2D eigenvalue weighted by molar-refractivity contribution is -0.143. The van der Waals surface area contributed by atoms with Crippen LogP contribution in [0.3, 0.4) is 0 Å². The van der Waals surface area contributed by atoms with Crippen LogP contribution in [0.1, 0.15) is 37.5 Å². The molecule has 0 bridgehead atoms. The second-order valence-corrected chi connectivity index (χ2v) is 5.22. The van der Waals surface area contributed by atoms with Crippen LogP contribution in [0, 0.1) is 12.8 Å². The van der Waals surface area contributed by atoms with E-state index < -0.39 is 5.97 Å². The van der Waals surface area contributed by atoms with Gasteiger partial charge in [-0.2, -0.15) is 0 Å². The fourth-order valence-electron chi connectivity index (χ4n) is 3.06. The Hall–Kier alpha value is -1.91. The van der Waals surface area contributed by atoms with Crippen molar-refractivity contribution in [3.63, 3.8) is 0 Å². The predicted octanol–water partition coefficient (Wildman–Crippen LogP) is 2.56. The quantitative estimate of drug-likeness (QED) is 0.900. The molecule has 1 saturated carbocycles. The number of aliphatic carboxylic acids is 1. The number of carboxylic acids is 1. The van der Waals surface area contributed by atoms with Gasteiger partial charge in [-0.25, -0.2) is 9.97 Å². The average molecular weight is 259 g/mol. The van der Waals surface area contributed by atoms with Crippen LogP contribution in [0.2, 0.25) is 0 Å². The van der Waals surface area contributed by atoms with Crippen LogP contribution in [-0.2, 0) is 4.79 Å². The maximum Gasteiger partial charge on any atom is 0.306 e. The van der Waals surface area contributed by atoms with E-state index in [0.717, 1.165) is 42.7 Å². The van der Waals surface area contributed by atoms with E-state index in [4.69, 9.17) is 5.11 Å². The summed E-state index contributed by atoms with van der Waals surface area (Å²) in [6.07, 6.45) is 5.04. The lowest BCUT2D eigenvalue weighted by Gasteiger charge is -2.28. The maximum atomic E-state index is 11.0. The highest BCUT2D eigenvalue weighted by Gasteiger charge is 2.28. The summed E-state index contributed by atoms with van der Waals surface area (Å²) in [5.41, 5.74) is 1.83. The van der Waals surface area contributed by atoms with Crippen LogP contribution in [-0.4, -0.2) is 25.6 Å². The molecular formula is C14H17N3O2. The van der Waals surface area contributed by atoms with E-state index in [1.807, 2.05) is 19.1 Å². The Balaban J connectivity index is 1.89. The molecule has 2 heterocycles. The molecule has 1 aliphatic carbocycles. The van der Waals surface area contributed by atoms with E-state index in [9.17, 15) is 4.79 Å². The summed E-state index contributed by atoms with van der Waals surface area (Å²) in [7, 11) is 0. The zero-order chi connectivity index (χ0) is 13.4. The molecule has 0 unspecified atom stereocenters. The Morgan fingerprint density at radius 3 is 2.79 bits per heavy atom. The number of carbonyl (C=O) groups is 1. The average Bonchev–Trinajstić information content (AvgIpc) is 2.74. The molecule has 0 aliphatic heterocycles. The minimum atomic E-state index is -0.663. The Morgan fingerprint density at radius 2 is 2.11 bits per heavy atom. The number of hydrogen-bond donors (Lipinski definition) is 1. The summed E-state index contributed by atoms with van der Waals surface area (Å²) in [5, 5.41) is 9.05. The molecule has 1 N–H and O–H groups in total. The number of fused-ring (bicyclic) bond motifs is 1. The van der Waals surface area contributed by atoms with Gasteiger partial charge in [0.15, 0.2) is 5.65 Å². The third-order valence-corrected chi connectivity index (χ3v) is 4.04. The molecular weight excluding hydrogens is 242 g/mol. The minimum absolute atomic E-state index is 0.181. The van der Waals surface area contributed by atoms with Crippen molar-refractivity contribution in [3.8, 4) is 0 Å². The first-order chi connectivity index (χ1) is 9.16. The fraction of sp³-hybridized carbons (Fsp3) is 0.500. The molecule has 0 aromatic carbocycles. The minimum Gasteiger partial charge on any atom is -0.481 e. The molecule has 2 aromatic rings. The van der Waals surface area contributed by atoms with E-state index in [-0.39, 0.29) is 5.92 Å². The predicted molar refractivity (Wildman–Crippen MR) is 70.9 cm³/mol. The SMILES string of the molecule is Cc1nc2cccnc2n1C1CCC(C(=O)O)CC1. The second-order valence-electron chi connectivity index (χ2n) is 5.22. The summed E-state index contributed by atoms with van der Waals surface area (Å²) in [6.45, 7) is 1.99. The summed E-state index contributed by atoms with van der Waals surface area (Å²) in [4.78, 5) is 19.9. The Bertz CT molecular complexity index is 612. The zero-order valence-corrected chi connectivity index (χ0v) is 10.9. The lowest BCUT2D eigenvalue weighted by atomic mass is 9.86. The van der Waals surface area contributed by atoms with Crippen LogP contribution < -0.4 is 0 Å². The Kier molecular flexibility index (Phi) is 2.97. The summed E-state index contributed by atoms with van der Waals surface area (Å²) < 4.78 is 2.17. The fourth-order valence-corrected chi connectivity index (χ4v) is 3.06. The monoisotopic (exact) mass is 259 g/mol. The van der Waals surface area contributed by atoms with Gasteiger partial charge in [0, 0.05) is 12.2 Å². The number of aromatic nitrogens is 3. The summed E-state index contributed by atoms with van der Waals surface area (Å²) in [6, 6.07) is 4.19. The summed E-state index contributed by atoms with van der Waals surface area (Å²) in [5.74, 6) is 0.121. The molecule has 0 amide bonds. The van der Waals surface area contributed by atoms with Crippen LogP contribution in [0.15, 0.2) is 18.3 Å². The maximum absolute atomic E-state index is 11.0. The first-order valence-corrected chi connectivity index (χ1v) is 6.69. The molecule has 5 nitrogen and oxygen atoms in total. The van der Waals surface area contributed by atoms with Crippen molar-refractivity contribution < 1.29 is 9.90 Å². The van der Waals surface area contributed by atoms with E-state index in [1.54, 1.807) is 6.20 Å². The molecule has 0 radical (unpaired) electrons. The third kappa shape index (κ3) is 2.09. The van der Waals surface area contributed by atoms with Crippen LogP contribution in [0.4, 0.5) is 0 Å². The number of imidazole rings is 1. The summed E-state index contributed by atoms with van der Waals surface area (Å²) >= 11 is 0. The first kappa shape index (κ1) is 12.1. The first-order valence-electron chi connectivity index (χ1n) is 6.69. The van der Waals surface area contributed by atoms with Gasteiger partial charge in [0.1, 0.15) is 11.3 Å². The second kappa shape index (κ2) is 4.64. The van der Waals surface area contributed by atoms with Gasteiger partial charge in [-0.05, 0) is 44.7 Å². The van der Waals surface area contributed by atoms with Crippen molar-refractivity contribution in [2.75, 3.05) is 0 Å². The van der Waals surface area contributed by atoms with Gasteiger partial charge in [-0.1, -0.05) is 0 Å². The van der Waals surface area contributed by atoms with Gasteiger partial charge in [0.05, 0.1) is 5.92 Å². The number of aryl methyl sites for hydroxylation is 1. The standard InChI is InChI=1S/C14H17N3O2/c1-9-16-12-3-2-8-15-13(12)17(9)11-6-4-10(5-7-11)14(18)19/h2-3,8,10-11H,4-7H2,1H3,(H,18,19). The van der Waals surface area contributed by atoms with Crippen molar-refractivity contribution in [1.82, 2.24) is 14.5 Å². The van der Waals surface area contributed by atoms with Crippen LogP contribution >= 0.6 is 0 Å². The molecule has 0 atom stereocenters. The number of hydrogen-bond acceptors (Lipinski definition) is 3. The number of carboxylic acid groups (broad SMARTS) is 1. The third-order valence-electron chi connectivity index (χ3n) is 4.04. The molecule has 0 spiro atoms. The number of nitrogens with zero attached hydrogens (tertiary/aromatic N) is 3. The van der Waals surface area contributed by atoms with E-state index in [0.29, 0.717) is 6.04 Å². The molecule has 0 saturated heterocycles. The normalized spacial score (nSPS) is 23.6. The Morgan fingerprint density at radius 1 is 1.37 bits per heavy atom.